The minimum absolute atomic E-state index is 0.165. The highest BCUT2D eigenvalue weighted by Gasteiger charge is 2.23. The van der Waals surface area contributed by atoms with Crippen molar-refractivity contribution in [3.8, 4) is 11.8 Å². The van der Waals surface area contributed by atoms with Gasteiger partial charge in [-0.25, -0.2) is 4.98 Å². The third kappa shape index (κ3) is 2.85. The van der Waals surface area contributed by atoms with Gasteiger partial charge in [-0.1, -0.05) is 6.92 Å². The summed E-state index contributed by atoms with van der Waals surface area (Å²) < 4.78 is 5.40. The fourth-order valence-corrected chi connectivity index (χ4v) is 3.99. The first kappa shape index (κ1) is 17.7. The number of carbonyl (C=O) groups is 1. The number of hydrogen-bond acceptors (Lipinski definition) is 7. The number of benzene rings is 1. The lowest BCUT2D eigenvalue weighted by molar-refractivity contribution is 0.104. The summed E-state index contributed by atoms with van der Waals surface area (Å²) in [4.78, 5) is 18.2. The molecule has 4 N–H and O–H groups in total. The minimum atomic E-state index is -0.187. The predicted octanol–water partition coefficient (Wildman–Crippen LogP) is 3.52. The van der Waals surface area contributed by atoms with E-state index in [1.807, 2.05) is 13.8 Å². The van der Waals surface area contributed by atoms with Gasteiger partial charge in [0.2, 0.25) is 5.78 Å². The third-order valence-corrected chi connectivity index (χ3v) is 5.21. The van der Waals surface area contributed by atoms with Crippen LogP contribution in [0.25, 0.3) is 10.2 Å². The summed E-state index contributed by atoms with van der Waals surface area (Å²) in [6.07, 6.45) is 0.573. The number of nitrogens with two attached hydrogens (primary N) is 2. The van der Waals surface area contributed by atoms with E-state index in [0.29, 0.717) is 50.7 Å². The Morgan fingerprint density at radius 2 is 1.96 bits per heavy atom. The van der Waals surface area contributed by atoms with Gasteiger partial charge in [-0.2, -0.15) is 5.26 Å². The number of ketones is 1. The van der Waals surface area contributed by atoms with Crippen LogP contribution < -0.4 is 16.2 Å². The Kier molecular flexibility index (Phi) is 4.78. The summed E-state index contributed by atoms with van der Waals surface area (Å²) in [6.45, 7) is 4.38. The van der Waals surface area contributed by atoms with Crippen LogP contribution in [0.4, 0.5) is 11.5 Å². The molecule has 0 aliphatic heterocycles. The number of hydrogen-bond donors (Lipinski definition) is 2. The summed E-state index contributed by atoms with van der Waals surface area (Å²) in [7, 11) is 0. The molecule has 0 atom stereocenters. The molecule has 0 spiro atoms. The first-order valence-corrected chi connectivity index (χ1v) is 9.01. The number of thiophene rings is 1. The number of anilines is 2. The van der Waals surface area contributed by atoms with Gasteiger partial charge in [-0.15, -0.1) is 11.3 Å². The van der Waals surface area contributed by atoms with Crippen LogP contribution in [-0.4, -0.2) is 17.4 Å². The Balaban J connectivity index is 2.12. The van der Waals surface area contributed by atoms with Crippen molar-refractivity contribution in [1.29, 1.82) is 5.26 Å². The molecule has 2 heterocycles. The highest BCUT2D eigenvalue weighted by atomic mass is 32.1. The van der Waals surface area contributed by atoms with Crippen molar-refractivity contribution in [2.75, 3.05) is 18.1 Å². The minimum Gasteiger partial charge on any atom is -0.494 e. The zero-order valence-corrected chi connectivity index (χ0v) is 15.3. The van der Waals surface area contributed by atoms with E-state index in [0.717, 1.165) is 5.56 Å². The number of ether oxygens (including phenoxy) is 1. The van der Waals surface area contributed by atoms with Crippen molar-refractivity contribution in [2.24, 2.45) is 0 Å². The average molecular weight is 366 g/mol. The Morgan fingerprint density at radius 1 is 1.27 bits per heavy atom. The molecule has 1 aromatic carbocycles. The smallest absolute Gasteiger partial charge is 0.205 e. The normalized spacial score (nSPS) is 10.7. The van der Waals surface area contributed by atoms with E-state index >= 15 is 0 Å². The van der Waals surface area contributed by atoms with Gasteiger partial charge in [0.1, 0.15) is 27.3 Å². The van der Waals surface area contributed by atoms with Crippen molar-refractivity contribution < 1.29 is 9.53 Å². The topological polar surface area (TPSA) is 115 Å². The Morgan fingerprint density at radius 3 is 2.54 bits per heavy atom. The molecular formula is C19H18N4O2S. The lowest BCUT2D eigenvalue weighted by Gasteiger charge is -2.06. The van der Waals surface area contributed by atoms with E-state index in [1.165, 1.54) is 11.3 Å². The molecule has 0 saturated carbocycles. The maximum absolute atomic E-state index is 12.9. The molecule has 0 aliphatic rings. The van der Waals surface area contributed by atoms with Crippen LogP contribution in [0.1, 0.15) is 40.2 Å². The first-order valence-electron chi connectivity index (χ1n) is 8.19. The number of carbonyl (C=O) groups excluding carboxylic acids is 1. The molecule has 26 heavy (non-hydrogen) atoms. The van der Waals surface area contributed by atoms with E-state index in [1.54, 1.807) is 24.3 Å². The zero-order valence-electron chi connectivity index (χ0n) is 14.5. The van der Waals surface area contributed by atoms with Gasteiger partial charge in [0, 0.05) is 10.9 Å². The summed E-state index contributed by atoms with van der Waals surface area (Å²) >= 11 is 1.20. The largest absolute Gasteiger partial charge is 0.494 e. The lowest BCUT2D eigenvalue weighted by Crippen LogP contribution is -2.03. The van der Waals surface area contributed by atoms with E-state index in [2.05, 4.69) is 11.1 Å². The quantitative estimate of drug-likeness (QED) is 0.668. The van der Waals surface area contributed by atoms with Crippen molar-refractivity contribution in [3.63, 3.8) is 0 Å². The number of pyridine rings is 1. The van der Waals surface area contributed by atoms with Crippen LogP contribution in [0.3, 0.4) is 0 Å². The second-order valence-corrected chi connectivity index (χ2v) is 6.63. The van der Waals surface area contributed by atoms with Crippen LogP contribution in [0.5, 0.6) is 5.75 Å². The second kappa shape index (κ2) is 7.02. The Labute approximate surface area is 155 Å². The Bertz CT molecular complexity index is 1030. The number of nitriles is 1. The zero-order chi connectivity index (χ0) is 18.8. The summed E-state index contributed by atoms with van der Waals surface area (Å²) in [5.74, 6) is 0.681. The molecule has 6 nitrogen and oxygen atoms in total. The molecule has 3 rings (SSSR count). The van der Waals surface area contributed by atoms with Gasteiger partial charge < -0.3 is 16.2 Å². The van der Waals surface area contributed by atoms with Crippen LogP contribution in [0, 0.1) is 11.3 Å². The monoisotopic (exact) mass is 366 g/mol. The van der Waals surface area contributed by atoms with Crippen molar-refractivity contribution in [2.45, 2.75) is 20.3 Å². The van der Waals surface area contributed by atoms with Gasteiger partial charge in [0.05, 0.1) is 17.9 Å². The molecular weight excluding hydrogens is 348 g/mol. The van der Waals surface area contributed by atoms with E-state index in [4.69, 9.17) is 16.2 Å². The summed E-state index contributed by atoms with van der Waals surface area (Å²) in [5.41, 5.74) is 14.1. The molecule has 0 unspecified atom stereocenters. The SMILES string of the molecule is CCOc1ccc(C(=O)c2sc3nc(N)c(C#N)c(CC)c3c2N)cc1. The second-order valence-electron chi connectivity index (χ2n) is 5.63. The summed E-state index contributed by atoms with van der Waals surface area (Å²) in [5, 5.41) is 10.0. The highest BCUT2D eigenvalue weighted by molar-refractivity contribution is 7.21. The molecule has 2 aromatic heterocycles. The maximum Gasteiger partial charge on any atom is 0.205 e. The number of aryl methyl sites for hydroxylation is 1. The molecule has 132 valence electrons. The van der Waals surface area contributed by atoms with Crippen LogP contribution in [-0.2, 0) is 6.42 Å². The molecule has 0 bridgehead atoms. The molecule has 0 amide bonds. The average Bonchev–Trinajstić information content (AvgIpc) is 2.97. The van der Waals surface area contributed by atoms with Crippen molar-refractivity contribution >= 4 is 38.8 Å². The van der Waals surface area contributed by atoms with Gasteiger partial charge in [0.15, 0.2) is 0 Å². The first-order chi connectivity index (χ1) is 12.5. The number of nitrogens with zero attached hydrogens (tertiary/aromatic N) is 2. The standard InChI is InChI=1S/C19H18N4O2S/c1-3-12-13(9-20)18(22)23-19-14(12)15(21)17(26-19)16(24)10-5-7-11(8-6-10)25-4-2/h5-8H,3-4,21H2,1-2H3,(H2,22,23). The number of rotatable bonds is 5. The highest BCUT2D eigenvalue weighted by Crippen LogP contribution is 2.39. The van der Waals surface area contributed by atoms with E-state index < -0.39 is 0 Å². The molecule has 0 fully saturated rings. The van der Waals surface area contributed by atoms with Gasteiger partial charge in [-0.05, 0) is 43.2 Å². The predicted molar refractivity (Wildman–Crippen MR) is 104 cm³/mol. The van der Waals surface area contributed by atoms with Crippen LogP contribution in [0.2, 0.25) is 0 Å². The van der Waals surface area contributed by atoms with Gasteiger partial charge >= 0.3 is 0 Å². The van der Waals surface area contributed by atoms with Crippen molar-refractivity contribution in [1.82, 2.24) is 4.98 Å². The molecule has 3 aromatic rings. The van der Waals surface area contributed by atoms with E-state index in [-0.39, 0.29) is 11.6 Å². The maximum atomic E-state index is 12.9. The van der Waals surface area contributed by atoms with Crippen LogP contribution >= 0.6 is 11.3 Å². The van der Waals surface area contributed by atoms with Gasteiger partial charge in [0.25, 0.3) is 0 Å². The third-order valence-electron chi connectivity index (χ3n) is 4.11. The molecule has 7 heteroatoms. The Hall–Kier alpha value is -3.11. The fourth-order valence-electron chi connectivity index (χ4n) is 2.89. The number of fused-ring (bicyclic) bond motifs is 1. The van der Waals surface area contributed by atoms with E-state index in [9.17, 15) is 10.1 Å². The molecule has 0 radical (unpaired) electrons. The van der Waals surface area contributed by atoms with Gasteiger partial charge in [-0.3, -0.25) is 4.79 Å². The molecule has 0 aliphatic carbocycles. The number of aromatic nitrogens is 1. The van der Waals surface area contributed by atoms with Crippen molar-refractivity contribution in [3.05, 3.63) is 45.8 Å². The lowest BCUT2D eigenvalue weighted by atomic mass is 10.0. The van der Waals surface area contributed by atoms with Crippen LogP contribution in [0.15, 0.2) is 24.3 Å². The summed E-state index contributed by atoms with van der Waals surface area (Å²) in [6, 6.07) is 9.01. The molecule has 0 saturated heterocycles. The fraction of sp³-hybridized carbons (Fsp3) is 0.211. The number of nitrogen functional groups attached to an aromatic ring is 2.